The van der Waals surface area contributed by atoms with E-state index in [2.05, 4.69) is 5.32 Å². The summed E-state index contributed by atoms with van der Waals surface area (Å²) in [4.78, 5) is 24.6. The summed E-state index contributed by atoms with van der Waals surface area (Å²) in [6.45, 7) is 2.03. The minimum atomic E-state index is -3.51. The monoisotopic (exact) mass is 452 g/mol. The highest BCUT2D eigenvalue weighted by Crippen LogP contribution is 2.22. The third-order valence-electron chi connectivity index (χ3n) is 4.81. The first kappa shape index (κ1) is 23.0. The van der Waals surface area contributed by atoms with Crippen LogP contribution in [0.15, 0.2) is 72.8 Å². The number of amides is 1. The summed E-state index contributed by atoms with van der Waals surface area (Å²) in [5.74, 6) is -0.945. The first-order chi connectivity index (χ1) is 15.2. The van der Waals surface area contributed by atoms with Crippen molar-refractivity contribution in [2.24, 2.45) is 0 Å². The van der Waals surface area contributed by atoms with Crippen molar-refractivity contribution >= 4 is 33.3 Å². The third kappa shape index (κ3) is 5.53. The maximum atomic E-state index is 12.7. The van der Waals surface area contributed by atoms with Gasteiger partial charge in [-0.05, 0) is 54.4 Å². The quantitative estimate of drug-likeness (QED) is 0.547. The molecular weight excluding hydrogens is 428 g/mol. The number of sulfonamides is 1. The molecule has 0 spiro atoms. The van der Waals surface area contributed by atoms with Crippen molar-refractivity contribution in [3.05, 3.63) is 95.1 Å². The average molecular weight is 453 g/mol. The van der Waals surface area contributed by atoms with Gasteiger partial charge >= 0.3 is 5.97 Å². The zero-order valence-electron chi connectivity index (χ0n) is 18.0. The van der Waals surface area contributed by atoms with E-state index < -0.39 is 21.9 Å². The number of nitrogens with zero attached hydrogens (tertiary/aromatic N) is 1. The smallest absolute Gasteiger partial charge is 0.339 e. The van der Waals surface area contributed by atoms with Gasteiger partial charge in [-0.3, -0.25) is 9.10 Å². The van der Waals surface area contributed by atoms with Crippen molar-refractivity contribution in [1.29, 1.82) is 0 Å². The third-order valence-corrected chi connectivity index (χ3v) is 5.95. The summed E-state index contributed by atoms with van der Waals surface area (Å²) in [5, 5.41) is 2.71. The molecule has 0 aliphatic rings. The second kappa shape index (κ2) is 9.65. The maximum absolute atomic E-state index is 12.7. The maximum Gasteiger partial charge on any atom is 0.339 e. The van der Waals surface area contributed by atoms with Gasteiger partial charge in [0.25, 0.3) is 5.91 Å². The summed E-state index contributed by atoms with van der Waals surface area (Å²) in [5.41, 5.74) is 3.22. The van der Waals surface area contributed by atoms with Crippen molar-refractivity contribution in [3.8, 4) is 0 Å². The molecule has 7 nitrogen and oxygen atoms in total. The summed E-state index contributed by atoms with van der Waals surface area (Å²) in [6.07, 6.45) is 1.16. The van der Waals surface area contributed by atoms with Gasteiger partial charge in [0.15, 0.2) is 0 Å². The van der Waals surface area contributed by atoms with Gasteiger partial charge in [-0.1, -0.05) is 36.4 Å². The molecule has 3 rings (SSSR count). The van der Waals surface area contributed by atoms with Crippen LogP contribution in [0.2, 0.25) is 0 Å². The van der Waals surface area contributed by atoms with E-state index in [4.69, 9.17) is 4.74 Å². The number of anilines is 2. The van der Waals surface area contributed by atoms with E-state index in [9.17, 15) is 18.0 Å². The SMILES string of the molecule is COC(=O)c1ccccc1NC(=O)c1ccc(CN(c2cccc(C)c2)S(C)(=O)=O)cc1. The molecule has 0 unspecified atom stereocenters. The Morgan fingerprint density at radius 2 is 1.66 bits per heavy atom. The van der Waals surface area contributed by atoms with Crippen LogP contribution < -0.4 is 9.62 Å². The number of methoxy groups -OCH3 is 1. The van der Waals surface area contributed by atoms with E-state index in [1.165, 1.54) is 11.4 Å². The van der Waals surface area contributed by atoms with Crippen molar-refractivity contribution in [2.45, 2.75) is 13.5 Å². The fourth-order valence-electron chi connectivity index (χ4n) is 3.19. The van der Waals surface area contributed by atoms with Gasteiger partial charge in [-0.15, -0.1) is 0 Å². The lowest BCUT2D eigenvalue weighted by Crippen LogP contribution is -2.29. The van der Waals surface area contributed by atoms with E-state index in [1.807, 2.05) is 25.1 Å². The van der Waals surface area contributed by atoms with Gasteiger partial charge in [0, 0.05) is 5.56 Å². The van der Waals surface area contributed by atoms with E-state index in [0.29, 0.717) is 16.9 Å². The molecule has 1 amide bonds. The standard InChI is InChI=1S/C24H24N2O5S/c1-17-7-6-8-20(15-17)26(32(3,29)30)16-18-11-13-19(14-12-18)23(27)25-22-10-5-4-9-21(22)24(28)31-2/h4-15H,16H2,1-3H3,(H,25,27). The topological polar surface area (TPSA) is 92.8 Å². The highest BCUT2D eigenvalue weighted by atomic mass is 32.2. The van der Waals surface area contributed by atoms with Gasteiger partial charge in [0.05, 0.1) is 36.8 Å². The predicted molar refractivity (Wildman–Crippen MR) is 124 cm³/mol. The number of benzene rings is 3. The normalized spacial score (nSPS) is 11.0. The molecule has 32 heavy (non-hydrogen) atoms. The van der Waals surface area contributed by atoms with Crippen LogP contribution in [0.1, 0.15) is 31.8 Å². The number of hydrogen-bond donors (Lipinski definition) is 1. The van der Waals surface area contributed by atoms with Crippen LogP contribution in [0.25, 0.3) is 0 Å². The first-order valence-electron chi connectivity index (χ1n) is 9.81. The Bertz CT molecular complexity index is 1240. The number of nitrogens with one attached hydrogen (secondary N) is 1. The second-order valence-electron chi connectivity index (χ2n) is 7.30. The van der Waals surface area contributed by atoms with Crippen molar-refractivity contribution in [2.75, 3.05) is 23.0 Å². The van der Waals surface area contributed by atoms with Crippen LogP contribution in [0, 0.1) is 6.92 Å². The average Bonchev–Trinajstić information content (AvgIpc) is 2.77. The number of esters is 1. The van der Waals surface area contributed by atoms with Gasteiger partial charge in [-0.25, -0.2) is 13.2 Å². The number of aryl methyl sites for hydroxylation is 1. The fourth-order valence-corrected chi connectivity index (χ4v) is 4.07. The minimum absolute atomic E-state index is 0.134. The lowest BCUT2D eigenvalue weighted by molar-refractivity contribution is 0.0602. The summed E-state index contributed by atoms with van der Waals surface area (Å²) in [7, 11) is -2.23. The first-order valence-corrected chi connectivity index (χ1v) is 11.7. The Kier molecular flexibility index (Phi) is 6.95. The highest BCUT2D eigenvalue weighted by Gasteiger charge is 2.19. The Hall–Kier alpha value is -3.65. The van der Waals surface area contributed by atoms with Crippen LogP contribution in [0.3, 0.4) is 0 Å². The molecule has 3 aromatic carbocycles. The molecule has 1 N–H and O–H groups in total. The Morgan fingerprint density at radius 3 is 2.28 bits per heavy atom. The molecule has 0 radical (unpaired) electrons. The van der Waals surface area contributed by atoms with Crippen LogP contribution in [-0.2, 0) is 21.3 Å². The Morgan fingerprint density at radius 1 is 0.969 bits per heavy atom. The highest BCUT2D eigenvalue weighted by molar-refractivity contribution is 7.92. The molecule has 3 aromatic rings. The zero-order chi connectivity index (χ0) is 23.3. The second-order valence-corrected chi connectivity index (χ2v) is 9.20. The number of hydrogen-bond acceptors (Lipinski definition) is 5. The molecule has 0 heterocycles. The van der Waals surface area contributed by atoms with Gasteiger partial charge in [0.2, 0.25) is 10.0 Å². The van der Waals surface area contributed by atoms with E-state index in [0.717, 1.165) is 17.4 Å². The Labute approximate surface area is 187 Å². The fraction of sp³-hybridized carbons (Fsp3) is 0.167. The molecule has 0 fully saturated rings. The van der Waals surface area contributed by atoms with Gasteiger partial charge in [-0.2, -0.15) is 0 Å². The number of rotatable bonds is 7. The molecule has 0 atom stereocenters. The summed E-state index contributed by atoms with van der Waals surface area (Å²) < 4.78 is 30.8. The lowest BCUT2D eigenvalue weighted by Gasteiger charge is -2.23. The number of para-hydroxylation sites is 1. The summed E-state index contributed by atoms with van der Waals surface area (Å²) >= 11 is 0. The van der Waals surface area contributed by atoms with Gasteiger partial charge < -0.3 is 10.1 Å². The Balaban J connectivity index is 1.79. The van der Waals surface area contributed by atoms with Crippen molar-refractivity contribution < 1.29 is 22.7 Å². The summed E-state index contributed by atoms with van der Waals surface area (Å²) in [6, 6.07) is 20.5. The number of ether oxygens (including phenoxy) is 1. The molecule has 166 valence electrons. The molecule has 0 saturated heterocycles. The zero-order valence-corrected chi connectivity index (χ0v) is 18.8. The predicted octanol–water partition coefficient (Wildman–Crippen LogP) is 4.00. The number of carbonyl (C=O) groups excluding carboxylic acids is 2. The van der Waals surface area contributed by atoms with Crippen LogP contribution in [0.5, 0.6) is 0 Å². The molecule has 0 aliphatic carbocycles. The molecular formula is C24H24N2O5S. The van der Waals surface area contributed by atoms with Crippen molar-refractivity contribution in [3.63, 3.8) is 0 Å². The lowest BCUT2D eigenvalue weighted by atomic mass is 10.1. The number of carbonyl (C=O) groups is 2. The van der Waals surface area contributed by atoms with E-state index >= 15 is 0 Å². The van der Waals surface area contributed by atoms with E-state index in [1.54, 1.807) is 54.6 Å². The molecule has 8 heteroatoms. The molecule has 0 bridgehead atoms. The van der Waals surface area contributed by atoms with E-state index in [-0.39, 0.29) is 12.1 Å². The van der Waals surface area contributed by atoms with Crippen LogP contribution >= 0.6 is 0 Å². The van der Waals surface area contributed by atoms with Crippen molar-refractivity contribution in [1.82, 2.24) is 0 Å². The largest absolute Gasteiger partial charge is 0.465 e. The minimum Gasteiger partial charge on any atom is -0.465 e. The van der Waals surface area contributed by atoms with Crippen LogP contribution in [0.4, 0.5) is 11.4 Å². The van der Waals surface area contributed by atoms with Gasteiger partial charge in [0.1, 0.15) is 0 Å². The molecule has 0 aliphatic heterocycles. The molecule has 0 aromatic heterocycles. The van der Waals surface area contributed by atoms with Crippen LogP contribution in [-0.4, -0.2) is 33.7 Å². The molecule has 0 saturated carbocycles.